The zero-order valence-electron chi connectivity index (χ0n) is 17.1. The Balaban J connectivity index is 2.10. The molecule has 2 aromatic rings. The molecule has 152 valence electrons. The van der Waals surface area contributed by atoms with E-state index in [4.69, 9.17) is 9.47 Å². The van der Waals surface area contributed by atoms with E-state index in [-0.39, 0.29) is 13.0 Å². The van der Waals surface area contributed by atoms with Crippen molar-refractivity contribution in [2.45, 2.75) is 59.2 Å². The zero-order chi connectivity index (χ0) is 20.9. The third kappa shape index (κ3) is 6.64. The van der Waals surface area contributed by atoms with Gasteiger partial charge in [0.2, 0.25) is 0 Å². The summed E-state index contributed by atoms with van der Waals surface area (Å²) in [5.41, 5.74) is -0.713. The molecule has 9 heteroatoms. The Morgan fingerprint density at radius 2 is 1.68 bits per heavy atom. The minimum Gasteiger partial charge on any atom is -0.443 e. The monoisotopic (exact) mass is 389 g/mol. The van der Waals surface area contributed by atoms with Crippen molar-refractivity contribution in [2.75, 3.05) is 6.54 Å². The Morgan fingerprint density at radius 1 is 1.07 bits per heavy atom. The SMILES string of the molecule is CC(C)(C)OC(=O)N(CCc1nc(-c2cccnc2)n[nH]1)C(=O)OC(C)(C)C. The van der Waals surface area contributed by atoms with Gasteiger partial charge in [0.15, 0.2) is 5.82 Å². The summed E-state index contributed by atoms with van der Waals surface area (Å²) in [5.74, 6) is 1.01. The number of aromatic nitrogens is 4. The molecule has 0 spiro atoms. The maximum Gasteiger partial charge on any atom is 0.419 e. The van der Waals surface area contributed by atoms with Crippen molar-refractivity contribution in [3.8, 4) is 11.4 Å². The van der Waals surface area contributed by atoms with Crippen LogP contribution in [0.15, 0.2) is 24.5 Å². The highest BCUT2D eigenvalue weighted by Gasteiger charge is 2.31. The molecule has 2 amide bonds. The molecule has 0 aliphatic carbocycles. The molecule has 0 aliphatic heterocycles. The van der Waals surface area contributed by atoms with Crippen LogP contribution in [0.5, 0.6) is 0 Å². The Hall–Kier alpha value is -2.97. The first-order chi connectivity index (χ1) is 12.9. The molecule has 0 bridgehead atoms. The van der Waals surface area contributed by atoms with Crippen molar-refractivity contribution < 1.29 is 19.1 Å². The summed E-state index contributed by atoms with van der Waals surface area (Å²) in [6.07, 6.45) is 2.05. The molecule has 1 N–H and O–H groups in total. The molecule has 2 heterocycles. The fraction of sp³-hybridized carbons (Fsp3) is 0.526. The second kappa shape index (κ2) is 8.37. The van der Waals surface area contributed by atoms with Crippen molar-refractivity contribution in [3.05, 3.63) is 30.4 Å². The largest absolute Gasteiger partial charge is 0.443 e. The lowest BCUT2D eigenvalue weighted by atomic mass is 10.2. The first-order valence-corrected chi connectivity index (χ1v) is 9.00. The first-order valence-electron chi connectivity index (χ1n) is 9.00. The second-order valence-corrected chi connectivity index (χ2v) is 8.21. The Bertz CT molecular complexity index is 778. The topological polar surface area (TPSA) is 110 Å². The van der Waals surface area contributed by atoms with Crippen molar-refractivity contribution in [1.29, 1.82) is 0 Å². The summed E-state index contributed by atoms with van der Waals surface area (Å²) in [4.78, 5) is 34.3. The van der Waals surface area contributed by atoms with Crippen LogP contribution < -0.4 is 0 Å². The van der Waals surface area contributed by atoms with Gasteiger partial charge >= 0.3 is 12.2 Å². The highest BCUT2D eigenvalue weighted by Crippen LogP contribution is 2.16. The van der Waals surface area contributed by atoms with E-state index in [0.717, 1.165) is 10.5 Å². The highest BCUT2D eigenvalue weighted by atomic mass is 16.6. The summed E-state index contributed by atoms with van der Waals surface area (Å²) in [5, 5.41) is 6.96. The molecular formula is C19H27N5O4. The van der Waals surface area contributed by atoms with Gasteiger partial charge in [0, 0.05) is 30.9 Å². The number of hydrogen-bond acceptors (Lipinski definition) is 7. The van der Waals surface area contributed by atoms with Crippen LogP contribution in [0.4, 0.5) is 9.59 Å². The van der Waals surface area contributed by atoms with Crippen molar-refractivity contribution >= 4 is 12.2 Å². The van der Waals surface area contributed by atoms with Crippen molar-refractivity contribution in [3.63, 3.8) is 0 Å². The number of nitrogens with zero attached hydrogens (tertiary/aromatic N) is 4. The van der Waals surface area contributed by atoms with E-state index in [2.05, 4.69) is 20.2 Å². The molecule has 9 nitrogen and oxygen atoms in total. The van der Waals surface area contributed by atoms with E-state index in [1.54, 1.807) is 60.0 Å². The number of carbonyl (C=O) groups excluding carboxylic acids is 2. The van der Waals surface area contributed by atoms with Crippen LogP contribution in [0.25, 0.3) is 11.4 Å². The fourth-order valence-electron chi connectivity index (χ4n) is 2.14. The van der Waals surface area contributed by atoms with Gasteiger partial charge in [-0.3, -0.25) is 10.1 Å². The lowest BCUT2D eigenvalue weighted by molar-refractivity contribution is 0.00164. The van der Waals surface area contributed by atoms with Crippen LogP contribution in [0, 0.1) is 0 Å². The molecule has 0 aliphatic rings. The van der Waals surface area contributed by atoms with Crippen LogP contribution in [-0.2, 0) is 15.9 Å². The predicted octanol–water partition coefficient (Wildman–Crippen LogP) is 3.58. The molecule has 0 unspecified atom stereocenters. The van der Waals surface area contributed by atoms with Crippen molar-refractivity contribution in [2.24, 2.45) is 0 Å². The number of imide groups is 1. The van der Waals surface area contributed by atoms with Gasteiger partial charge in [0.05, 0.1) is 0 Å². The summed E-state index contributed by atoms with van der Waals surface area (Å²) in [6.45, 7) is 10.4. The van der Waals surface area contributed by atoms with E-state index in [0.29, 0.717) is 11.6 Å². The Labute approximate surface area is 164 Å². The first kappa shape index (κ1) is 21.3. The molecule has 0 saturated carbocycles. The van der Waals surface area contributed by atoms with E-state index in [1.165, 1.54) is 0 Å². The average Bonchev–Trinajstić information content (AvgIpc) is 3.01. The number of hydrogen-bond donors (Lipinski definition) is 1. The van der Waals surface area contributed by atoms with Crippen LogP contribution in [0.1, 0.15) is 47.4 Å². The number of carbonyl (C=O) groups is 2. The van der Waals surface area contributed by atoms with E-state index in [1.807, 2.05) is 6.07 Å². The standard InChI is InChI=1S/C19H27N5O4/c1-18(2,3)27-16(25)24(17(26)28-19(4,5)6)11-9-14-21-15(23-22-14)13-8-7-10-20-12-13/h7-8,10,12H,9,11H2,1-6H3,(H,21,22,23). The summed E-state index contributed by atoms with van der Waals surface area (Å²) in [7, 11) is 0. The maximum atomic E-state index is 12.5. The van der Waals surface area contributed by atoms with Gasteiger partial charge < -0.3 is 9.47 Å². The van der Waals surface area contributed by atoms with Crippen LogP contribution in [-0.4, -0.2) is 55.0 Å². The molecule has 0 fully saturated rings. The molecule has 0 saturated heterocycles. The van der Waals surface area contributed by atoms with Crippen molar-refractivity contribution in [1.82, 2.24) is 25.1 Å². The van der Waals surface area contributed by atoms with Gasteiger partial charge in [0.25, 0.3) is 0 Å². The Kier molecular flexibility index (Phi) is 6.37. The predicted molar refractivity (Wildman–Crippen MR) is 102 cm³/mol. The number of aromatic amines is 1. The number of rotatable bonds is 4. The second-order valence-electron chi connectivity index (χ2n) is 8.21. The molecule has 2 aromatic heterocycles. The third-order valence-electron chi connectivity index (χ3n) is 3.25. The highest BCUT2D eigenvalue weighted by molar-refractivity contribution is 5.88. The minimum absolute atomic E-state index is 0.0332. The minimum atomic E-state index is -0.770. The average molecular weight is 389 g/mol. The third-order valence-corrected chi connectivity index (χ3v) is 3.25. The Morgan fingerprint density at radius 3 is 2.18 bits per heavy atom. The number of nitrogens with one attached hydrogen (secondary N) is 1. The maximum absolute atomic E-state index is 12.5. The van der Waals surface area contributed by atoms with E-state index in [9.17, 15) is 9.59 Å². The fourth-order valence-corrected chi connectivity index (χ4v) is 2.14. The molecular weight excluding hydrogens is 362 g/mol. The molecule has 28 heavy (non-hydrogen) atoms. The van der Waals surface area contributed by atoms with Gasteiger partial charge in [-0.1, -0.05) is 0 Å². The number of pyridine rings is 1. The lowest BCUT2D eigenvalue weighted by Gasteiger charge is -2.28. The molecule has 0 radical (unpaired) electrons. The van der Waals surface area contributed by atoms with Gasteiger partial charge in [-0.2, -0.15) is 5.10 Å². The van der Waals surface area contributed by atoms with Crippen LogP contribution in [0.2, 0.25) is 0 Å². The molecule has 2 rings (SSSR count). The summed E-state index contributed by atoms with van der Waals surface area (Å²) >= 11 is 0. The summed E-state index contributed by atoms with van der Waals surface area (Å²) < 4.78 is 10.7. The number of amides is 2. The van der Waals surface area contributed by atoms with Gasteiger partial charge in [-0.05, 0) is 53.7 Å². The number of H-pyrrole nitrogens is 1. The van der Waals surface area contributed by atoms with Gasteiger partial charge in [-0.25, -0.2) is 19.5 Å². The van der Waals surface area contributed by atoms with E-state index < -0.39 is 23.4 Å². The van der Waals surface area contributed by atoms with Crippen LogP contribution >= 0.6 is 0 Å². The normalized spacial score (nSPS) is 11.8. The quantitative estimate of drug-likeness (QED) is 0.851. The molecule has 0 atom stereocenters. The lowest BCUT2D eigenvalue weighted by Crippen LogP contribution is -2.44. The van der Waals surface area contributed by atoms with Gasteiger partial charge in [-0.15, -0.1) is 0 Å². The summed E-state index contributed by atoms with van der Waals surface area (Å²) in [6, 6.07) is 3.63. The smallest absolute Gasteiger partial charge is 0.419 e. The van der Waals surface area contributed by atoms with Crippen LogP contribution in [0.3, 0.4) is 0 Å². The van der Waals surface area contributed by atoms with E-state index >= 15 is 0 Å². The zero-order valence-corrected chi connectivity index (χ0v) is 17.1. The molecule has 0 aromatic carbocycles. The number of ether oxygens (including phenoxy) is 2. The van der Waals surface area contributed by atoms with Gasteiger partial charge in [0.1, 0.15) is 17.0 Å².